The van der Waals surface area contributed by atoms with Crippen LogP contribution in [0, 0.1) is 5.41 Å². The van der Waals surface area contributed by atoms with E-state index >= 15 is 0 Å². The summed E-state index contributed by atoms with van der Waals surface area (Å²) in [4.78, 5) is 36.5. The van der Waals surface area contributed by atoms with Crippen LogP contribution in [0.25, 0.3) is 0 Å². The Kier molecular flexibility index (Phi) is 6.60. The Morgan fingerprint density at radius 3 is 1.93 bits per heavy atom. The van der Waals surface area contributed by atoms with Crippen molar-refractivity contribution in [3.63, 3.8) is 0 Å². The fourth-order valence-electron chi connectivity index (χ4n) is 4.53. The van der Waals surface area contributed by atoms with Gasteiger partial charge in [0.25, 0.3) is 0 Å². The Morgan fingerprint density at radius 1 is 0.967 bits per heavy atom. The van der Waals surface area contributed by atoms with Crippen molar-refractivity contribution in [3.8, 4) is 0 Å². The Balaban J connectivity index is 1.99. The Labute approximate surface area is 185 Å². The van der Waals surface area contributed by atoms with Gasteiger partial charge in [0.2, 0.25) is 0 Å². The molecule has 0 radical (unpaired) electrons. The molecule has 0 aromatic carbocycles. The summed E-state index contributed by atoms with van der Waals surface area (Å²) in [5.41, 5.74) is 3.57. The van der Waals surface area contributed by atoms with Gasteiger partial charge in [-0.1, -0.05) is 5.57 Å². The number of hydrogen-bond acceptors (Lipinski definition) is 8. The number of hydrogen-bond donors (Lipinski definition) is 1. The number of thioether (sulfide) groups is 2. The molecule has 1 spiro atoms. The zero-order chi connectivity index (χ0) is 22.3. The second-order valence-corrected chi connectivity index (χ2v) is 10.0. The highest BCUT2D eigenvalue weighted by atomic mass is 32.2. The first-order valence-corrected chi connectivity index (χ1v) is 12.1. The van der Waals surface area contributed by atoms with Gasteiger partial charge in [0.05, 0.1) is 25.7 Å². The normalized spacial score (nSPS) is 24.5. The van der Waals surface area contributed by atoms with E-state index in [2.05, 4.69) is 0 Å². The first kappa shape index (κ1) is 23.2. The molecule has 0 aromatic heterocycles. The van der Waals surface area contributed by atoms with E-state index in [0.717, 1.165) is 40.7 Å². The Bertz CT molecular complexity index is 889. The van der Waals surface area contributed by atoms with Crippen molar-refractivity contribution >= 4 is 41.2 Å². The number of carbonyl (C=O) groups is 3. The zero-order valence-corrected chi connectivity index (χ0v) is 19.7. The van der Waals surface area contributed by atoms with Crippen LogP contribution in [-0.2, 0) is 23.9 Å². The minimum atomic E-state index is -1.43. The van der Waals surface area contributed by atoms with Crippen LogP contribution in [-0.4, -0.2) is 65.7 Å². The van der Waals surface area contributed by atoms with Crippen LogP contribution in [0.3, 0.4) is 0 Å². The van der Waals surface area contributed by atoms with E-state index in [1.807, 2.05) is 13.8 Å². The van der Waals surface area contributed by atoms with Gasteiger partial charge in [-0.3, -0.25) is 14.4 Å². The van der Waals surface area contributed by atoms with Gasteiger partial charge in [-0.05, 0) is 55.9 Å². The first-order chi connectivity index (χ1) is 14.1. The highest BCUT2D eigenvalue weighted by molar-refractivity contribution is 8.00. The number of aliphatic hydroxyl groups is 1. The summed E-state index contributed by atoms with van der Waals surface area (Å²) in [6.45, 7) is 5.63. The van der Waals surface area contributed by atoms with Crippen molar-refractivity contribution in [2.45, 2.75) is 39.2 Å². The topological polar surface area (TPSA) is 89.9 Å². The van der Waals surface area contributed by atoms with Crippen molar-refractivity contribution < 1.29 is 29.0 Å². The molecule has 0 amide bonds. The molecule has 0 saturated heterocycles. The number of ether oxygens (including phenoxy) is 2. The number of esters is 2. The molecular formula is C22H28O6S2. The molecule has 1 saturated carbocycles. The maximum atomic E-state index is 13.5. The van der Waals surface area contributed by atoms with Gasteiger partial charge < -0.3 is 14.6 Å². The van der Waals surface area contributed by atoms with Crippen LogP contribution in [0.1, 0.15) is 33.6 Å². The van der Waals surface area contributed by atoms with E-state index in [1.165, 1.54) is 37.7 Å². The van der Waals surface area contributed by atoms with E-state index in [4.69, 9.17) is 9.47 Å². The van der Waals surface area contributed by atoms with Gasteiger partial charge in [-0.25, -0.2) is 0 Å². The van der Waals surface area contributed by atoms with Gasteiger partial charge in [0.1, 0.15) is 5.60 Å². The first-order valence-electron chi connectivity index (χ1n) is 9.84. The number of methoxy groups -OCH3 is 2. The molecule has 0 bridgehead atoms. The van der Waals surface area contributed by atoms with Crippen LogP contribution in [0.15, 0.2) is 33.4 Å². The van der Waals surface area contributed by atoms with Crippen molar-refractivity contribution in [1.29, 1.82) is 0 Å². The van der Waals surface area contributed by atoms with Crippen LogP contribution in [0.5, 0.6) is 0 Å². The van der Waals surface area contributed by atoms with Gasteiger partial charge >= 0.3 is 11.9 Å². The Morgan fingerprint density at radius 2 is 1.47 bits per heavy atom. The highest BCUT2D eigenvalue weighted by Crippen LogP contribution is 2.65. The number of ketones is 1. The lowest BCUT2D eigenvalue weighted by molar-refractivity contribution is -0.138. The zero-order valence-electron chi connectivity index (χ0n) is 18.0. The Hall–Kier alpha value is -1.51. The minimum Gasteiger partial charge on any atom is -0.468 e. The molecule has 8 heteroatoms. The number of Topliss-reactive ketones (excluding diaryl/α,β-unsaturated/α-hetero) is 1. The molecule has 6 nitrogen and oxygen atoms in total. The maximum absolute atomic E-state index is 13.5. The maximum Gasteiger partial charge on any atom is 0.315 e. The lowest BCUT2D eigenvalue weighted by Gasteiger charge is -2.39. The van der Waals surface area contributed by atoms with E-state index < -0.39 is 11.0 Å². The molecule has 30 heavy (non-hydrogen) atoms. The smallest absolute Gasteiger partial charge is 0.315 e. The molecule has 0 unspecified atom stereocenters. The molecule has 3 aliphatic rings. The van der Waals surface area contributed by atoms with E-state index in [-0.39, 0.29) is 29.2 Å². The van der Waals surface area contributed by atoms with Crippen LogP contribution < -0.4 is 0 Å². The van der Waals surface area contributed by atoms with Crippen molar-refractivity contribution in [2.24, 2.45) is 5.41 Å². The fraction of sp³-hybridized carbons (Fsp3) is 0.591. The lowest BCUT2D eigenvalue weighted by Crippen LogP contribution is -2.49. The number of carbonyl (C=O) groups excluding carboxylic acids is 3. The predicted octanol–water partition coefficient (Wildman–Crippen LogP) is 2.86. The second-order valence-electron chi connectivity index (χ2n) is 8.08. The van der Waals surface area contributed by atoms with Gasteiger partial charge in [-0.15, -0.1) is 23.5 Å². The van der Waals surface area contributed by atoms with Gasteiger partial charge in [0, 0.05) is 22.5 Å². The molecule has 1 fully saturated rings. The van der Waals surface area contributed by atoms with Gasteiger partial charge in [0.15, 0.2) is 5.78 Å². The van der Waals surface area contributed by atoms with Gasteiger partial charge in [-0.2, -0.15) is 0 Å². The standard InChI is InChI=1S/C22H28O6S2/c1-12-14(8-29-10-16(23)27-4)18-13(2)22(6-7-22)21(3,26)20(25)19(18)15(12)9-30-11-17(24)28-5/h26H,6-11H2,1-5H3/t21-/m0/s1. The minimum absolute atomic E-state index is 0.194. The van der Waals surface area contributed by atoms with Crippen molar-refractivity contribution in [2.75, 3.05) is 37.2 Å². The monoisotopic (exact) mass is 452 g/mol. The third-order valence-corrected chi connectivity index (χ3v) is 8.46. The SMILES string of the molecule is COC(=O)CSCC1=C(C)C(CSCC(=O)OC)=C2C(=O)[C@](C)(O)C3(CC3)C(C)=C12. The van der Waals surface area contributed by atoms with Crippen LogP contribution in [0.4, 0.5) is 0 Å². The van der Waals surface area contributed by atoms with Crippen molar-refractivity contribution in [3.05, 3.63) is 33.4 Å². The van der Waals surface area contributed by atoms with E-state index in [0.29, 0.717) is 17.1 Å². The third-order valence-electron chi connectivity index (χ3n) is 6.59. The quantitative estimate of drug-likeness (QED) is 0.563. The third kappa shape index (κ3) is 3.67. The molecular weight excluding hydrogens is 424 g/mol. The van der Waals surface area contributed by atoms with E-state index in [9.17, 15) is 19.5 Å². The molecule has 1 N–H and O–H groups in total. The molecule has 0 aliphatic heterocycles. The molecule has 164 valence electrons. The number of allylic oxidation sites excluding steroid dienone is 2. The van der Waals surface area contributed by atoms with Crippen LogP contribution in [0.2, 0.25) is 0 Å². The average molecular weight is 453 g/mol. The molecule has 1 atom stereocenters. The number of rotatable bonds is 8. The van der Waals surface area contributed by atoms with E-state index in [1.54, 1.807) is 6.92 Å². The van der Waals surface area contributed by atoms with Crippen molar-refractivity contribution in [1.82, 2.24) is 0 Å². The molecule has 3 aliphatic carbocycles. The fourth-order valence-corrected chi connectivity index (χ4v) is 6.43. The molecule has 0 aromatic rings. The lowest BCUT2D eigenvalue weighted by atomic mass is 9.67. The summed E-state index contributed by atoms with van der Waals surface area (Å²) >= 11 is 2.84. The van der Waals surface area contributed by atoms with Crippen LogP contribution >= 0.6 is 23.5 Å². The average Bonchev–Trinajstić information content (AvgIpc) is 3.49. The molecule has 0 heterocycles. The second kappa shape index (κ2) is 8.55. The summed E-state index contributed by atoms with van der Waals surface area (Å²) < 4.78 is 9.44. The summed E-state index contributed by atoms with van der Waals surface area (Å²) in [6.07, 6.45) is 1.59. The number of fused-ring (bicyclic) bond motifs is 1. The molecule has 3 rings (SSSR count). The summed E-state index contributed by atoms with van der Waals surface area (Å²) in [5, 5.41) is 11.2. The summed E-state index contributed by atoms with van der Waals surface area (Å²) in [6, 6.07) is 0. The largest absolute Gasteiger partial charge is 0.468 e. The summed E-state index contributed by atoms with van der Waals surface area (Å²) in [7, 11) is 2.72. The highest BCUT2D eigenvalue weighted by Gasteiger charge is 2.65. The summed E-state index contributed by atoms with van der Waals surface area (Å²) in [5.74, 6) is 0.648. The predicted molar refractivity (Wildman–Crippen MR) is 118 cm³/mol.